The Balaban J connectivity index is 3.15. The molecule has 0 fully saturated rings. The van der Waals surface area contributed by atoms with Crippen LogP contribution in [-0.2, 0) is 0 Å². The van der Waals surface area contributed by atoms with Crippen LogP contribution in [0.5, 0.6) is 11.5 Å². The van der Waals surface area contributed by atoms with Crippen LogP contribution in [0.25, 0.3) is 0 Å². The number of hydrogen-bond acceptors (Lipinski definition) is 4. The average Bonchev–Trinajstić information content (AvgIpc) is 2.36. The molecule has 0 spiro atoms. The topological polar surface area (TPSA) is 61.6 Å². The molecule has 0 saturated carbocycles. The quantitative estimate of drug-likeness (QED) is 0.598. The van der Waals surface area contributed by atoms with Crippen molar-refractivity contribution in [2.75, 3.05) is 14.2 Å². The van der Waals surface area contributed by atoms with Gasteiger partial charge < -0.3 is 9.47 Å². The SMILES string of the molecule is COc1ccc(C(C)C(C)(C)[N+](=O)[O-])cc1OC. The van der Waals surface area contributed by atoms with Crippen molar-refractivity contribution in [1.29, 1.82) is 0 Å². The normalized spacial score (nSPS) is 12.9. The summed E-state index contributed by atoms with van der Waals surface area (Å²) < 4.78 is 10.4. The van der Waals surface area contributed by atoms with E-state index >= 15 is 0 Å². The molecular formula is C13H19NO4. The van der Waals surface area contributed by atoms with Crippen LogP contribution in [0.4, 0.5) is 0 Å². The van der Waals surface area contributed by atoms with Crippen LogP contribution in [0.1, 0.15) is 32.3 Å². The summed E-state index contributed by atoms with van der Waals surface area (Å²) in [4.78, 5) is 10.8. The molecule has 5 heteroatoms. The molecule has 0 aliphatic rings. The molecule has 0 aliphatic carbocycles. The molecule has 1 atom stereocenters. The first kappa shape index (κ1) is 14.3. The molecule has 1 aromatic rings. The van der Waals surface area contributed by atoms with Crippen LogP contribution in [0.3, 0.4) is 0 Å². The van der Waals surface area contributed by atoms with E-state index in [-0.39, 0.29) is 10.8 Å². The van der Waals surface area contributed by atoms with Gasteiger partial charge in [0, 0.05) is 18.8 Å². The zero-order valence-corrected chi connectivity index (χ0v) is 11.4. The second-order valence-corrected chi connectivity index (χ2v) is 4.75. The number of nitro groups is 1. The fourth-order valence-corrected chi connectivity index (χ4v) is 1.69. The van der Waals surface area contributed by atoms with E-state index in [4.69, 9.17) is 9.47 Å². The summed E-state index contributed by atoms with van der Waals surface area (Å²) in [6.07, 6.45) is 0. The van der Waals surface area contributed by atoms with Gasteiger partial charge in [0.05, 0.1) is 20.1 Å². The highest BCUT2D eigenvalue weighted by Gasteiger charge is 2.38. The number of nitrogens with zero attached hydrogens (tertiary/aromatic N) is 1. The minimum Gasteiger partial charge on any atom is -0.493 e. The maximum Gasteiger partial charge on any atom is 0.223 e. The third kappa shape index (κ3) is 2.55. The second kappa shape index (κ2) is 5.25. The average molecular weight is 253 g/mol. The van der Waals surface area contributed by atoms with E-state index in [0.29, 0.717) is 11.5 Å². The lowest BCUT2D eigenvalue weighted by Gasteiger charge is -2.24. The van der Waals surface area contributed by atoms with Gasteiger partial charge in [-0.2, -0.15) is 0 Å². The third-order valence-corrected chi connectivity index (χ3v) is 3.44. The first-order valence-electron chi connectivity index (χ1n) is 5.71. The van der Waals surface area contributed by atoms with Crippen LogP contribution in [0, 0.1) is 10.1 Å². The molecule has 0 radical (unpaired) electrons. The van der Waals surface area contributed by atoms with E-state index in [1.165, 1.54) is 0 Å². The van der Waals surface area contributed by atoms with E-state index in [1.54, 1.807) is 40.2 Å². The predicted molar refractivity (Wildman–Crippen MR) is 69.0 cm³/mol. The van der Waals surface area contributed by atoms with Gasteiger partial charge in [-0.3, -0.25) is 10.1 Å². The highest BCUT2D eigenvalue weighted by Crippen LogP contribution is 2.35. The Morgan fingerprint density at radius 1 is 1.22 bits per heavy atom. The first-order valence-corrected chi connectivity index (χ1v) is 5.71. The first-order chi connectivity index (χ1) is 8.34. The largest absolute Gasteiger partial charge is 0.493 e. The van der Waals surface area contributed by atoms with Gasteiger partial charge in [0.1, 0.15) is 0 Å². The lowest BCUT2D eigenvalue weighted by molar-refractivity contribution is -0.564. The minimum atomic E-state index is -1.03. The Hall–Kier alpha value is -1.78. The van der Waals surface area contributed by atoms with E-state index < -0.39 is 5.54 Å². The summed E-state index contributed by atoms with van der Waals surface area (Å²) in [6.45, 7) is 5.08. The minimum absolute atomic E-state index is 0.229. The Morgan fingerprint density at radius 2 is 1.78 bits per heavy atom. The number of ether oxygens (including phenoxy) is 2. The van der Waals surface area contributed by atoms with Crippen molar-refractivity contribution in [2.45, 2.75) is 32.2 Å². The van der Waals surface area contributed by atoms with Crippen LogP contribution >= 0.6 is 0 Å². The summed E-state index contributed by atoms with van der Waals surface area (Å²) >= 11 is 0. The van der Waals surface area contributed by atoms with Crippen molar-refractivity contribution >= 4 is 0 Å². The van der Waals surface area contributed by atoms with Crippen LogP contribution < -0.4 is 9.47 Å². The maximum atomic E-state index is 11.1. The molecule has 1 unspecified atom stereocenters. The van der Waals surface area contributed by atoms with E-state index in [9.17, 15) is 10.1 Å². The number of hydrogen-bond donors (Lipinski definition) is 0. The third-order valence-electron chi connectivity index (χ3n) is 3.44. The van der Waals surface area contributed by atoms with Gasteiger partial charge in [0.2, 0.25) is 5.54 Å². The molecule has 18 heavy (non-hydrogen) atoms. The summed E-state index contributed by atoms with van der Waals surface area (Å²) in [5.74, 6) is 0.973. The summed E-state index contributed by atoms with van der Waals surface area (Å²) in [5, 5.41) is 11.1. The molecule has 1 rings (SSSR count). The molecule has 0 amide bonds. The van der Waals surface area contributed by atoms with Crippen molar-refractivity contribution in [1.82, 2.24) is 0 Å². The van der Waals surface area contributed by atoms with Crippen LogP contribution in [0.2, 0.25) is 0 Å². The number of rotatable bonds is 5. The monoisotopic (exact) mass is 253 g/mol. The van der Waals surface area contributed by atoms with Crippen molar-refractivity contribution in [3.63, 3.8) is 0 Å². The lowest BCUT2D eigenvalue weighted by Crippen LogP contribution is -2.36. The second-order valence-electron chi connectivity index (χ2n) is 4.75. The predicted octanol–water partition coefficient (Wildman–Crippen LogP) is 2.86. The Bertz CT molecular complexity index is 443. The number of benzene rings is 1. The van der Waals surface area contributed by atoms with Gasteiger partial charge in [-0.05, 0) is 17.7 Å². The van der Waals surface area contributed by atoms with Crippen LogP contribution in [0.15, 0.2) is 18.2 Å². The molecule has 100 valence electrons. The molecule has 0 N–H and O–H groups in total. The van der Waals surface area contributed by atoms with Crippen LogP contribution in [-0.4, -0.2) is 24.7 Å². The maximum absolute atomic E-state index is 11.1. The highest BCUT2D eigenvalue weighted by atomic mass is 16.6. The zero-order chi connectivity index (χ0) is 13.9. The molecule has 0 aliphatic heterocycles. The van der Waals surface area contributed by atoms with Crippen molar-refractivity contribution < 1.29 is 14.4 Å². The van der Waals surface area contributed by atoms with Gasteiger partial charge in [-0.15, -0.1) is 0 Å². The molecular weight excluding hydrogens is 234 g/mol. The highest BCUT2D eigenvalue weighted by molar-refractivity contribution is 5.44. The van der Waals surface area contributed by atoms with Crippen molar-refractivity contribution in [2.24, 2.45) is 0 Å². The van der Waals surface area contributed by atoms with Gasteiger partial charge in [0.25, 0.3) is 0 Å². The zero-order valence-electron chi connectivity index (χ0n) is 11.4. The van der Waals surface area contributed by atoms with Gasteiger partial charge >= 0.3 is 0 Å². The lowest BCUT2D eigenvalue weighted by atomic mass is 9.84. The molecule has 1 aromatic carbocycles. The fourth-order valence-electron chi connectivity index (χ4n) is 1.69. The Labute approximate surface area is 107 Å². The fraction of sp³-hybridized carbons (Fsp3) is 0.538. The molecule has 0 aromatic heterocycles. The van der Waals surface area contributed by atoms with Crippen molar-refractivity contribution in [3.05, 3.63) is 33.9 Å². The van der Waals surface area contributed by atoms with E-state index in [2.05, 4.69) is 0 Å². The summed E-state index contributed by atoms with van der Waals surface area (Å²) in [6, 6.07) is 5.38. The van der Waals surface area contributed by atoms with Crippen molar-refractivity contribution in [3.8, 4) is 11.5 Å². The molecule has 0 saturated heterocycles. The Morgan fingerprint density at radius 3 is 2.22 bits per heavy atom. The number of methoxy groups -OCH3 is 2. The summed E-state index contributed by atoms with van der Waals surface area (Å²) in [5.41, 5.74) is -0.172. The molecule has 0 heterocycles. The Kier molecular flexibility index (Phi) is 4.16. The van der Waals surface area contributed by atoms with Gasteiger partial charge in [-0.25, -0.2) is 0 Å². The molecule has 0 bridgehead atoms. The van der Waals surface area contributed by atoms with Gasteiger partial charge in [-0.1, -0.05) is 13.0 Å². The van der Waals surface area contributed by atoms with E-state index in [0.717, 1.165) is 5.56 Å². The van der Waals surface area contributed by atoms with Gasteiger partial charge in [0.15, 0.2) is 11.5 Å². The standard InChI is InChI=1S/C13H19NO4/c1-9(13(2,3)14(15)16)10-6-7-11(17-4)12(8-10)18-5/h6-9H,1-5H3. The molecule has 5 nitrogen and oxygen atoms in total. The smallest absolute Gasteiger partial charge is 0.223 e. The summed E-state index contributed by atoms with van der Waals surface area (Å²) in [7, 11) is 3.10. The van der Waals surface area contributed by atoms with E-state index in [1.807, 2.05) is 13.0 Å².